The van der Waals surface area contributed by atoms with Crippen LogP contribution in [0.25, 0.3) is 0 Å². The van der Waals surface area contributed by atoms with E-state index in [0.717, 1.165) is 0 Å². The minimum atomic E-state index is -5.43. The number of rotatable bonds is 26. The molecular weight excluding hydrogens is 696 g/mol. The molecule has 2 aromatic carbocycles. The van der Waals surface area contributed by atoms with E-state index in [0.29, 0.717) is 50.0 Å². The van der Waals surface area contributed by atoms with Crippen LogP contribution in [0.5, 0.6) is 11.5 Å². The molecule has 0 aliphatic rings. The molecule has 0 heterocycles. The summed E-state index contributed by atoms with van der Waals surface area (Å²) in [4.78, 5) is 0. The summed E-state index contributed by atoms with van der Waals surface area (Å²) >= 11 is -5.43. The predicted molar refractivity (Wildman–Crippen MR) is 193 cm³/mol. The molecule has 0 aliphatic carbocycles. The maximum atomic E-state index is 7.24. The predicted octanol–water partition coefficient (Wildman–Crippen LogP) is 9.75. The van der Waals surface area contributed by atoms with Crippen molar-refractivity contribution < 1.29 is 57.3 Å². The van der Waals surface area contributed by atoms with Gasteiger partial charge in [0.15, 0.2) is 0 Å². The minimum absolute atomic E-state index is 0.278. The van der Waals surface area contributed by atoms with Crippen molar-refractivity contribution in [2.24, 2.45) is 0 Å². The van der Waals surface area contributed by atoms with Gasteiger partial charge in [0.25, 0.3) is 0 Å². The summed E-state index contributed by atoms with van der Waals surface area (Å²) in [6, 6.07) is 18.6. The van der Waals surface area contributed by atoms with Gasteiger partial charge < -0.3 is 0 Å². The molecule has 2 rings (SSSR count). The van der Waals surface area contributed by atoms with Crippen LogP contribution in [0.1, 0.15) is 122 Å². The summed E-state index contributed by atoms with van der Waals surface area (Å²) < 4.78 is 68.9. The van der Waals surface area contributed by atoms with E-state index in [9.17, 15) is 0 Å². The van der Waals surface area contributed by atoms with Gasteiger partial charge in [0, 0.05) is 0 Å². The van der Waals surface area contributed by atoms with Gasteiger partial charge in [0.1, 0.15) is 0 Å². The summed E-state index contributed by atoms with van der Waals surface area (Å²) in [5, 5.41) is 0. The molecule has 0 N–H and O–H groups in total. The number of benzene rings is 2. The van der Waals surface area contributed by atoms with Crippen LogP contribution in [-0.4, -0.2) is 54.7 Å². The second-order valence-corrected chi connectivity index (χ2v) is 20.5. The van der Waals surface area contributed by atoms with Crippen molar-refractivity contribution in [3.05, 3.63) is 60.7 Å². The molecular formula is C36H64O10Si2Ti. The van der Waals surface area contributed by atoms with Gasteiger partial charge in [-0.1, -0.05) is 0 Å². The van der Waals surface area contributed by atoms with Crippen molar-refractivity contribution in [1.82, 2.24) is 0 Å². The average Bonchev–Trinajstić information content (AvgIpc) is 3.08. The van der Waals surface area contributed by atoms with E-state index in [2.05, 4.69) is 0 Å². The Hall–Kier alpha value is -1.13. The first-order valence-electron chi connectivity index (χ1n) is 18.2. The van der Waals surface area contributed by atoms with Crippen molar-refractivity contribution in [2.75, 3.05) is 0 Å². The summed E-state index contributed by atoms with van der Waals surface area (Å²) in [5.74, 6) is 0.936. The fraction of sp³-hybridized carbons (Fsp3) is 0.667. The van der Waals surface area contributed by atoms with Gasteiger partial charge in [0.05, 0.1) is 0 Å². The molecule has 0 amide bonds. The van der Waals surface area contributed by atoms with Crippen molar-refractivity contribution in [2.45, 2.75) is 158 Å². The van der Waals surface area contributed by atoms with E-state index >= 15 is 0 Å². The molecule has 0 saturated carbocycles. The Bertz CT molecular complexity index is 999. The molecule has 280 valence electrons. The van der Waals surface area contributed by atoms with Gasteiger partial charge in [-0.25, -0.2) is 0 Å². The zero-order chi connectivity index (χ0) is 36.5. The Morgan fingerprint density at radius 1 is 0.408 bits per heavy atom. The van der Waals surface area contributed by atoms with Crippen LogP contribution in [0, 0.1) is 0 Å². The van der Waals surface area contributed by atoms with Gasteiger partial charge in [-0.3, -0.25) is 0 Å². The second-order valence-electron chi connectivity index (χ2n) is 12.6. The topological polar surface area (TPSA) is 92.3 Å². The van der Waals surface area contributed by atoms with Gasteiger partial charge in [0.2, 0.25) is 0 Å². The van der Waals surface area contributed by atoms with E-state index < -0.39 is 36.2 Å². The Morgan fingerprint density at radius 2 is 0.633 bits per heavy atom. The van der Waals surface area contributed by atoms with Gasteiger partial charge in [-0.2, -0.15) is 0 Å². The number of para-hydroxylation sites is 2. The Kier molecular flexibility index (Phi) is 19.8. The second kappa shape index (κ2) is 22.1. The molecule has 49 heavy (non-hydrogen) atoms. The summed E-state index contributed by atoms with van der Waals surface area (Å²) in [5.41, 5.74) is 0. The Balaban J connectivity index is 3.03. The van der Waals surface area contributed by atoms with Crippen molar-refractivity contribution in [1.29, 1.82) is 0 Å². The molecule has 0 fully saturated rings. The standard InChI is InChI=1S/2C12H27O4Si.2C6H6O.Ti/c2*1-7-10(4)14-17(13,15-11(5)8-2)16-12(6)9-3;2*7-6-4-2-1-3-5-6;/h2*10-12H,7-9H2,1-6H3;2*1-5,7H;/q2*-1;;;+4/p-2. The number of hydrogen-bond donors (Lipinski definition) is 0. The van der Waals surface area contributed by atoms with Crippen molar-refractivity contribution in [3.8, 4) is 11.5 Å². The Morgan fingerprint density at radius 3 is 0.837 bits per heavy atom. The summed E-state index contributed by atoms with van der Waals surface area (Å²) in [6.07, 6.45) is 2.47. The van der Waals surface area contributed by atoms with E-state index in [4.69, 9.17) is 39.2 Å². The molecule has 0 bridgehead atoms. The molecule has 10 nitrogen and oxygen atoms in total. The third-order valence-electron chi connectivity index (χ3n) is 7.99. The van der Waals surface area contributed by atoms with Crippen LogP contribution in [0.3, 0.4) is 0 Å². The summed E-state index contributed by atoms with van der Waals surface area (Å²) in [7, 11) is -8.34. The Labute approximate surface area is 304 Å². The van der Waals surface area contributed by atoms with Gasteiger partial charge >= 0.3 is 306 Å². The van der Waals surface area contributed by atoms with Crippen LogP contribution < -0.4 is 6.64 Å². The van der Waals surface area contributed by atoms with Crippen LogP contribution in [0.15, 0.2) is 60.7 Å². The van der Waals surface area contributed by atoms with Gasteiger partial charge in [-0.15, -0.1) is 0 Å². The molecule has 0 saturated heterocycles. The zero-order valence-electron chi connectivity index (χ0n) is 32.1. The zero-order valence-corrected chi connectivity index (χ0v) is 35.6. The molecule has 2 aromatic rings. The fourth-order valence-electron chi connectivity index (χ4n) is 3.99. The van der Waals surface area contributed by atoms with Crippen LogP contribution in [-0.2, 0) is 50.7 Å². The van der Waals surface area contributed by atoms with Crippen LogP contribution >= 0.6 is 0 Å². The van der Waals surface area contributed by atoms with E-state index in [1.165, 1.54) is 0 Å². The molecule has 6 unspecified atom stereocenters. The first-order chi connectivity index (χ1) is 23.3. The van der Waals surface area contributed by atoms with E-state index in [1.54, 1.807) is 0 Å². The molecule has 13 heteroatoms. The monoisotopic (exact) mass is 760 g/mol. The van der Waals surface area contributed by atoms with Crippen molar-refractivity contribution >= 4 is 18.1 Å². The van der Waals surface area contributed by atoms with Crippen LogP contribution in [0.4, 0.5) is 0 Å². The third kappa shape index (κ3) is 15.2. The SMILES string of the molecule is CCC(C)O[Si](OC(C)CC)(OC(C)CC)[O][Ti]([O]c1ccccc1)([O]c1ccccc1)[O][Si](OC(C)CC)(OC(C)CC)OC(C)CC. The molecule has 0 aromatic heterocycles. The molecule has 6 atom stereocenters. The fourth-order valence-corrected chi connectivity index (χ4v) is 16.5. The van der Waals surface area contributed by atoms with E-state index in [1.807, 2.05) is 144 Å². The van der Waals surface area contributed by atoms with Crippen molar-refractivity contribution in [3.63, 3.8) is 0 Å². The first-order valence-corrected chi connectivity index (χ1v) is 24.1. The summed E-state index contributed by atoms with van der Waals surface area (Å²) in [6.45, 7) is 24.1. The average molecular weight is 761 g/mol. The molecule has 0 aliphatic heterocycles. The first kappa shape index (κ1) is 44.0. The number of hydrogen-bond acceptors (Lipinski definition) is 10. The van der Waals surface area contributed by atoms with E-state index in [-0.39, 0.29) is 36.6 Å². The maximum absolute atomic E-state index is 7.24. The molecule has 0 spiro atoms. The normalized spacial score (nSPS) is 18.4. The third-order valence-corrected chi connectivity index (χ3v) is 19.3. The molecule has 0 radical (unpaired) electrons. The van der Waals surface area contributed by atoms with Gasteiger partial charge in [-0.05, 0) is 0 Å². The quantitative estimate of drug-likeness (QED) is 0.0864. The van der Waals surface area contributed by atoms with Crippen LogP contribution in [0.2, 0.25) is 0 Å².